The van der Waals surface area contributed by atoms with Gasteiger partial charge in [0.25, 0.3) is 0 Å². The highest BCUT2D eigenvalue weighted by Crippen LogP contribution is 2.24. The quantitative estimate of drug-likeness (QED) is 0.514. The van der Waals surface area contributed by atoms with Crippen molar-refractivity contribution >= 4 is 22.2 Å². The van der Waals surface area contributed by atoms with E-state index in [4.69, 9.17) is 0 Å². The second-order valence-electron chi connectivity index (χ2n) is 7.05. The molecule has 0 aromatic heterocycles. The van der Waals surface area contributed by atoms with Gasteiger partial charge >= 0.3 is 0 Å². The lowest BCUT2D eigenvalue weighted by Gasteiger charge is -2.09. The summed E-state index contributed by atoms with van der Waals surface area (Å²) in [5, 5.41) is 0. The fourth-order valence-electron chi connectivity index (χ4n) is 1.41. The summed E-state index contributed by atoms with van der Waals surface area (Å²) in [5.74, 6) is 12.7. The van der Waals surface area contributed by atoms with Gasteiger partial charge in [0.2, 0.25) is 0 Å². The summed E-state index contributed by atoms with van der Waals surface area (Å²) in [5.41, 5.74) is 2.01. The zero-order chi connectivity index (χ0) is 16.3. The maximum atomic E-state index is 11.1. The van der Waals surface area contributed by atoms with E-state index in [0.717, 1.165) is 21.9 Å². The van der Waals surface area contributed by atoms with Crippen LogP contribution in [0.3, 0.4) is 0 Å². The summed E-state index contributed by atoms with van der Waals surface area (Å²) >= 11 is 3.56. The average Bonchev–Trinajstić information content (AvgIpc) is 2.34. The lowest BCUT2D eigenvalue weighted by molar-refractivity contribution is 0.112. The van der Waals surface area contributed by atoms with E-state index < -0.39 is 0 Å². The molecular formula is C19H21BrO. The van der Waals surface area contributed by atoms with Crippen LogP contribution in [0.25, 0.3) is 0 Å². The van der Waals surface area contributed by atoms with Crippen LogP contribution < -0.4 is 0 Å². The third-order valence-electron chi connectivity index (χ3n) is 2.38. The zero-order valence-electron chi connectivity index (χ0n) is 13.5. The molecule has 0 aliphatic heterocycles. The van der Waals surface area contributed by atoms with Crippen LogP contribution >= 0.6 is 15.9 Å². The minimum Gasteiger partial charge on any atom is -0.298 e. The van der Waals surface area contributed by atoms with E-state index in [2.05, 4.69) is 81.2 Å². The van der Waals surface area contributed by atoms with Crippen molar-refractivity contribution < 1.29 is 4.79 Å². The van der Waals surface area contributed by atoms with Gasteiger partial charge in [-0.25, -0.2) is 0 Å². The van der Waals surface area contributed by atoms with Gasteiger partial charge in [0.15, 0.2) is 0 Å². The average molecular weight is 345 g/mol. The summed E-state index contributed by atoms with van der Waals surface area (Å²) < 4.78 is 0.849. The second-order valence-corrected chi connectivity index (χ2v) is 7.84. The van der Waals surface area contributed by atoms with Crippen LogP contribution in [0, 0.1) is 34.5 Å². The number of hydrogen-bond donors (Lipinski definition) is 0. The molecule has 0 amide bonds. The van der Waals surface area contributed by atoms with Crippen molar-refractivity contribution in [2.24, 2.45) is 10.8 Å². The standard InChI is InChI=1S/C19H21BrO/c1-18(2,3)9-7-15-11-14(13-21)12-16(17(15)20)8-10-19(4,5)6/h11-13H,1-6H3. The van der Waals surface area contributed by atoms with Crippen LogP contribution in [-0.4, -0.2) is 6.29 Å². The third kappa shape index (κ3) is 6.19. The summed E-state index contributed by atoms with van der Waals surface area (Å²) in [6.45, 7) is 12.3. The molecule has 2 heteroatoms. The Hall–Kier alpha value is -1.51. The Bertz CT molecular complexity index is 609. The molecule has 1 nitrogen and oxygen atoms in total. The van der Waals surface area contributed by atoms with Gasteiger partial charge < -0.3 is 0 Å². The van der Waals surface area contributed by atoms with Gasteiger partial charge in [-0.05, 0) is 69.6 Å². The molecule has 0 radical (unpaired) electrons. The Labute approximate surface area is 136 Å². The minimum absolute atomic E-state index is 0.0894. The summed E-state index contributed by atoms with van der Waals surface area (Å²) in [6, 6.07) is 3.58. The molecule has 0 atom stereocenters. The van der Waals surface area contributed by atoms with Crippen molar-refractivity contribution in [3.05, 3.63) is 33.3 Å². The molecule has 1 aromatic carbocycles. The number of aldehydes is 1. The van der Waals surface area contributed by atoms with E-state index in [0.29, 0.717) is 5.56 Å². The fraction of sp³-hybridized carbons (Fsp3) is 0.421. The molecule has 0 spiro atoms. The Morgan fingerprint density at radius 2 is 1.29 bits per heavy atom. The molecule has 0 N–H and O–H groups in total. The second kappa shape index (κ2) is 6.50. The largest absolute Gasteiger partial charge is 0.298 e. The van der Waals surface area contributed by atoms with Gasteiger partial charge in [-0.15, -0.1) is 0 Å². The number of carbonyl (C=O) groups is 1. The highest BCUT2D eigenvalue weighted by atomic mass is 79.9. The Kier molecular flexibility index (Phi) is 5.43. The third-order valence-corrected chi connectivity index (χ3v) is 3.23. The van der Waals surface area contributed by atoms with E-state index in [1.807, 2.05) is 0 Å². The van der Waals surface area contributed by atoms with Crippen LogP contribution in [0.15, 0.2) is 16.6 Å². The van der Waals surface area contributed by atoms with Crippen molar-refractivity contribution in [1.82, 2.24) is 0 Å². The van der Waals surface area contributed by atoms with Gasteiger partial charge in [0.05, 0.1) is 0 Å². The predicted molar refractivity (Wildman–Crippen MR) is 92.2 cm³/mol. The number of rotatable bonds is 1. The Morgan fingerprint density at radius 3 is 1.57 bits per heavy atom. The molecule has 0 saturated heterocycles. The highest BCUT2D eigenvalue weighted by Gasteiger charge is 2.09. The summed E-state index contributed by atoms with van der Waals surface area (Å²) in [7, 11) is 0. The van der Waals surface area contributed by atoms with Crippen LogP contribution in [0.2, 0.25) is 0 Å². The van der Waals surface area contributed by atoms with Crippen molar-refractivity contribution in [2.75, 3.05) is 0 Å². The van der Waals surface area contributed by atoms with Crippen LogP contribution in [-0.2, 0) is 0 Å². The number of halogens is 1. The molecule has 0 unspecified atom stereocenters. The monoisotopic (exact) mass is 344 g/mol. The van der Waals surface area contributed by atoms with E-state index in [9.17, 15) is 4.79 Å². The Balaban J connectivity index is 3.42. The van der Waals surface area contributed by atoms with Crippen molar-refractivity contribution in [3.8, 4) is 23.7 Å². The van der Waals surface area contributed by atoms with Crippen molar-refractivity contribution in [2.45, 2.75) is 41.5 Å². The first-order valence-corrected chi connectivity index (χ1v) is 7.66. The predicted octanol–water partition coefficient (Wildman–Crippen LogP) is 5.06. The zero-order valence-corrected chi connectivity index (χ0v) is 15.1. The smallest absolute Gasteiger partial charge is 0.150 e. The molecular weight excluding hydrogens is 324 g/mol. The fourth-order valence-corrected chi connectivity index (χ4v) is 1.83. The van der Waals surface area contributed by atoms with E-state index >= 15 is 0 Å². The molecule has 1 aromatic rings. The molecule has 0 aliphatic carbocycles. The molecule has 0 saturated carbocycles. The van der Waals surface area contributed by atoms with Gasteiger partial charge in [0.1, 0.15) is 6.29 Å². The molecule has 110 valence electrons. The molecule has 0 aliphatic rings. The van der Waals surface area contributed by atoms with E-state index in [-0.39, 0.29) is 10.8 Å². The molecule has 0 fully saturated rings. The van der Waals surface area contributed by atoms with Crippen molar-refractivity contribution in [1.29, 1.82) is 0 Å². The van der Waals surface area contributed by atoms with E-state index in [1.165, 1.54) is 0 Å². The Morgan fingerprint density at radius 1 is 0.905 bits per heavy atom. The summed E-state index contributed by atoms with van der Waals surface area (Å²) in [4.78, 5) is 11.1. The lowest BCUT2D eigenvalue weighted by atomic mass is 9.96. The van der Waals surface area contributed by atoms with Gasteiger partial charge in [-0.3, -0.25) is 4.79 Å². The maximum absolute atomic E-state index is 11.1. The van der Waals surface area contributed by atoms with Crippen molar-refractivity contribution in [3.63, 3.8) is 0 Å². The van der Waals surface area contributed by atoms with Crippen LogP contribution in [0.4, 0.5) is 0 Å². The van der Waals surface area contributed by atoms with Gasteiger partial charge in [-0.2, -0.15) is 0 Å². The first kappa shape index (κ1) is 17.5. The van der Waals surface area contributed by atoms with Crippen LogP contribution in [0.5, 0.6) is 0 Å². The van der Waals surface area contributed by atoms with E-state index in [1.54, 1.807) is 12.1 Å². The normalized spacial score (nSPS) is 11.0. The molecule has 1 rings (SSSR count). The molecule has 21 heavy (non-hydrogen) atoms. The lowest BCUT2D eigenvalue weighted by Crippen LogP contribution is -2.01. The maximum Gasteiger partial charge on any atom is 0.150 e. The number of benzene rings is 1. The topological polar surface area (TPSA) is 17.1 Å². The number of hydrogen-bond acceptors (Lipinski definition) is 1. The molecule has 0 bridgehead atoms. The number of carbonyl (C=O) groups excluding carboxylic acids is 1. The SMILES string of the molecule is CC(C)(C)C#Cc1cc(C=O)cc(C#CC(C)(C)C)c1Br. The first-order chi connectivity index (χ1) is 9.52. The van der Waals surface area contributed by atoms with Crippen LogP contribution in [0.1, 0.15) is 63.0 Å². The summed E-state index contributed by atoms with van der Waals surface area (Å²) in [6.07, 6.45) is 0.830. The highest BCUT2D eigenvalue weighted by molar-refractivity contribution is 9.10. The van der Waals surface area contributed by atoms with Gasteiger partial charge in [0, 0.05) is 32.0 Å². The first-order valence-electron chi connectivity index (χ1n) is 6.87. The van der Waals surface area contributed by atoms with Gasteiger partial charge in [-0.1, -0.05) is 23.7 Å². The molecule has 0 heterocycles. The minimum atomic E-state index is -0.0894.